The summed E-state index contributed by atoms with van der Waals surface area (Å²) in [4.78, 5) is 99.0. The van der Waals surface area contributed by atoms with E-state index in [1.165, 1.54) is 21.6 Å². The van der Waals surface area contributed by atoms with Crippen LogP contribution in [0.3, 0.4) is 0 Å². The molecule has 3 aliphatic rings. The molecule has 4 atom stereocenters. The third kappa shape index (κ3) is 9.74. The number of hydrogen-bond acceptors (Lipinski definition) is 11. The number of amides is 7. The second kappa shape index (κ2) is 20.5. The summed E-state index contributed by atoms with van der Waals surface area (Å²) in [5, 5.41) is 7.16. The van der Waals surface area contributed by atoms with Gasteiger partial charge in [-0.15, -0.1) is 11.8 Å². The Morgan fingerprint density at radius 1 is 0.721 bits per heavy atom. The first-order valence-electron chi connectivity index (χ1n) is 22.1. The molecule has 0 saturated carbocycles. The van der Waals surface area contributed by atoms with E-state index >= 15 is 0 Å². The smallest absolute Gasteiger partial charge is 0.355 e. The van der Waals surface area contributed by atoms with Gasteiger partial charge in [-0.25, -0.2) is 9.59 Å². The topological polar surface area (TPSA) is 193 Å². The van der Waals surface area contributed by atoms with Gasteiger partial charge >= 0.3 is 23.8 Å². The number of urea groups is 1. The summed E-state index contributed by atoms with van der Waals surface area (Å²) in [6.07, 6.45) is 0.757. The highest BCUT2D eigenvalue weighted by Crippen LogP contribution is 2.56. The summed E-state index contributed by atoms with van der Waals surface area (Å²) in [6.45, 7) is 3.79. The fourth-order valence-corrected chi connectivity index (χ4v) is 10.1. The Morgan fingerprint density at radius 2 is 1.29 bits per heavy atom. The minimum atomic E-state index is -2.12. The normalized spacial score (nSPS) is 19.8. The van der Waals surface area contributed by atoms with Crippen LogP contribution >= 0.6 is 11.8 Å². The van der Waals surface area contributed by atoms with Gasteiger partial charge in [-0.3, -0.25) is 33.8 Å². The Kier molecular flexibility index (Phi) is 14.1. The number of fused-ring (bicyclic) bond motifs is 1. The number of carbonyl (C=O) groups is 7. The number of ether oxygens (including phenoxy) is 3. The Morgan fingerprint density at radius 3 is 1.90 bits per heavy atom. The molecular weight excluding hydrogens is 889 g/mol. The molecule has 16 nitrogen and oxygen atoms in total. The monoisotopic (exact) mass is 938 g/mol. The zero-order chi connectivity index (χ0) is 47.8. The molecule has 350 valence electrons. The van der Waals surface area contributed by atoms with Gasteiger partial charge < -0.3 is 35.1 Å². The number of hydrogen-bond donors (Lipinski definition) is 3. The predicted molar refractivity (Wildman–Crippen MR) is 250 cm³/mol. The molecule has 1 unspecified atom stereocenters. The highest BCUT2D eigenvalue weighted by molar-refractivity contribution is 8.01. The molecule has 0 bridgehead atoms. The first kappa shape index (κ1) is 46.9. The number of nitrogens with zero attached hydrogens (tertiary/aromatic N) is 3. The van der Waals surface area contributed by atoms with Gasteiger partial charge in [0, 0.05) is 19.6 Å². The molecule has 3 N–H and O–H groups in total. The second-order valence-corrected chi connectivity index (χ2v) is 18.6. The van der Waals surface area contributed by atoms with E-state index < -0.39 is 63.5 Å². The number of nitrogens with one attached hydrogen (secondary N) is 3. The van der Waals surface area contributed by atoms with Crippen LogP contribution in [0.25, 0.3) is 0 Å². The summed E-state index contributed by atoms with van der Waals surface area (Å²) < 4.78 is 17.0. The van der Waals surface area contributed by atoms with Gasteiger partial charge in [0.15, 0.2) is 11.5 Å². The molecule has 5 aromatic rings. The molecule has 3 fully saturated rings. The van der Waals surface area contributed by atoms with E-state index in [0.717, 1.165) is 21.6 Å². The lowest BCUT2D eigenvalue weighted by atomic mass is 9.87. The number of thioether (sulfide) groups is 1. The molecule has 0 aliphatic carbocycles. The molecule has 17 heteroatoms. The number of esters is 1. The van der Waals surface area contributed by atoms with E-state index in [1.807, 2.05) is 78.9 Å². The molecule has 3 aliphatic heterocycles. The third-order valence-electron chi connectivity index (χ3n) is 12.1. The van der Waals surface area contributed by atoms with E-state index in [9.17, 15) is 33.6 Å². The maximum Gasteiger partial charge on any atom is 0.355 e. The van der Waals surface area contributed by atoms with Crippen LogP contribution in [0, 0.1) is 0 Å². The lowest BCUT2D eigenvalue weighted by molar-refractivity contribution is -0.181. The molecule has 3 saturated heterocycles. The van der Waals surface area contributed by atoms with Crippen molar-refractivity contribution in [1.29, 1.82) is 0 Å². The first-order chi connectivity index (χ1) is 32.9. The minimum absolute atomic E-state index is 0.0199. The van der Waals surface area contributed by atoms with Gasteiger partial charge in [0.1, 0.15) is 37.3 Å². The average Bonchev–Trinajstić information content (AvgIpc) is 3.57. The van der Waals surface area contributed by atoms with Gasteiger partial charge in [-0.05, 0) is 60.2 Å². The zero-order valence-corrected chi connectivity index (χ0v) is 38.2. The molecular formula is C51H50N6O10S. The summed E-state index contributed by atoms with van der Waals surface area (Å²) >= 11 is 1.19. The van der Waals surface area contributed by atoms with Crippen molar-refractivity contribution in [2.75, 3.05) is 19.6 Å². The molecule has 3 heterocycles. The van der Waals surface area contributed by atoms with Gasteiger partial charge in [0.05, 0.1) is 4.75 Å². The van der Waals surface area contributed by atoms with Crippen molar-refractivity contribution < 1.29 is 47.8 Å². The number of β-lactam (4-membered cyclic amide) rings is 1. The van der Waals surface area contributed by atoms with Crippen molar-refractivity contribution in [3.8, 4) is 11.5 Å². The van der Waals surface area contributed by atoms with Crippen LogP contribution in [-0.2, 0) is 59.7 Å². The standard InChI is InChI=1S/C51H50N6O10S/c1-50(2)51(48(63)67-32-37-19-11-5-12-20-37,57-44(60)42(52-33-58)47(57)68-50)54-43(59)41(38-21-13-6-14-22-38)53-49(64)56-28-27-55(45(61)46(56)62)26-25-34-23-24-39(65-30-35-15-7-3-8-16-35)40(29-34)66-31-36-17-9-4-10-18-36/h3-24,29,33,41-42,47H,25-28,30-32H2,1-2H3,(H,52,58)(H,53,64)(H,54,59)/t41?,42-,47+,51-/m0/s1. The lowest BCUT2D eigenvalue weighted by Gasteiger charge is -2.50. The maximum atomic E-state index is 14.7. The molecule has 0 aromatic heterocycles. The van der Waals surface area contributed by atoms with Crippen molar-refractivity contribution in [3.63, 3.8) is 0 Å². The molecule has 68 heavy (non-hydrogen) atoms. The highest BCUT2D eigenvalue weighted by Gasteiger charge is 2.74. The van der Waals surface area contributed by atoms with Gasteiger partial charge in [-0.2, -0.15) is 0 Å². The highest BCUT2D eigenvalue weighted by atomic mass is 32.2. The molecule has 8 rings (SSSR count). The van der Waals surface area contributed by atoms with Crippen LogP contribution in [0.4, 0.5) is 4.79 Å². The van der Waals surface area contributed by atoms with Crippen LogP contribution in [0.5, 0.6) is 11.5 Å². The number of carbonyl (C=O) groups excluding carboxylic acids is 7. The minimum Gasteiger partial charge on any atom is -0.485 e. The number of imide groups is 1. The largest absolute Gasteiger partial charge is 0.485 e. The zero-order valence-electron chi connectivity index (χ0n) is 37.4. The van der Waals surface area contributed by atoms with E-state index in [0.29, 0.717) is 43.1 Å². The fourth-order valence-electron chi connectivity index (χ4n) is 8.43. The SMILES string of the molecule is CC1(C)S[C@@H]2[C@@H](NC=O)C(=O)N2[C@@]1(NC(=O)C(NC(=O)N1CCN(CCc2ccc(OCc3ccccc3)c(OCc3ccccc3)c2)C(=O)C1=O)c1ccccc1)C(=O)OCc1ccccc1. The number of benzene rings is 5. The average molecular weight is 939 g/mol. The summed E-state index contributed by atoms with van der Waals surface area (Å²) in [7, 11) is 0. The van der Waals surface area contributed by atoms with Crippen LogP contribution in [0.1, 0.15) is 47.7 Å². The third-order valence-corrected chi connectivity index (χ3v) is 13.7. The van der Waals surface area contributed by atoms with Crippen molar-refractivity contribution in [3.05, 3.63) is 167 Å². The predicted octanol–water partition coefficient (Wildman–Crippen LogP) is 4.87. The van der Waals surface area contributed by atoms with Gasteiger partial charge in [-0.1, -0.05) is 127 Å². The van der Waals surface area contributed by atoms with Crippen molar-refractivity contribution in [2.45, 2.75) is 68.0 Å². The van der Waals surface area contributed by atoms with E-state index in [-0.39, 0.29) is 31.8 Å². The van der Waals surface area contributed by atoms with Crippen LogP contribution in [-0.4, -0.2) is 98.2 Å². The second-order valence-electron chi connectivity index (χ2n) is 16.9. The van der Waals surface area contributed by atoms with E-state index in [2.05, 4.69) is 16.0 Å². The summed E-state index contributed by atoms with van der Waals surface area (Å²) in [5.41, 5.74) is 1.60. The Bertz CT molecular complexity index is 2660. The molecule has 7 amide bonds. The fraction of sp³-hybridized carbons (Fsp3) is 0.275. The Balaban J connectivity index is 0.960. The van der Waals surface area contributed by atoms with E-state index in [4.69, 9.17) is 14.2 Å². The van der Waals surface area contributed by atoms with Gasteiger partial charge in [0.2, 0.25) is 18.0 Å². The molecule has 0 spiro atoms. The van der Waals surface area contributed by atoms with Crippen molar-refractivity contribution in [1.82, 2.24) is 30.7 Å². The van der Waals surface area contributed by atoms with Crippen LogP contribution < -0.4 is 25.4 Å². The van der Waals surface area contributed by atoms with Crippen molar-refractivity contribution in [2.24, 2.45) is 0 Å². The Labute approximate surface area is 397 Å². The van der Waals surface area contributed by atoms with Crippen molar-refractivity contribution >= 4 is 53.8 Å². The maximum absolute atomic E-state index is 14.7. The number of rotatable bonds is 18. The lowest BCUT2D eigenvalue weighted by Crippen LogP contribution is -2.80. The van der Waals surface area contributed by atoms with Crippen LogP contribution in [0.15, 0.2) is 140 Å². The molecule has 0 radical (unpaired) electrons. The summed E-state index contributed by atoms with van der Waals surface area (Å²) in [6, 6.07) is 38.5. The summed E-state index contributed by atoms with van der Waals surface area (Å²) in [5.74, 6) is -3.40. The van der Waals surface area contributed by atoms with Gasteiger partial charge in [0.25, 0.3) is 5.91 Å². The first-order valence-corrected chi connectivity index (χ1v) is 22.9. The number of piperazine rings is 1. The Hall–Kier alpha value is -7.66. The molecule has 5 aromatic carbocycles. The van der Waals surface area contributed by atoms with E-state index in [1.54, 1.807) is 74.5 Å². The van der Waals surface area contributed by atoms with Crippen LogP contribution in [0.2, 0.25) is 0 Å². The quantitative estimate of drug-likeness (QED) is 0.0470.